The standard InChI is InChI=1S/C30H39N5O6S2/c1-2-27-35(43(40,41)24-9-4-3-5-10-24)26(20-42-27)28(37)34-25(29(38)39)19-22-13-11-21(12-14-22)18-23(36)8-6-15-31-30-32-16-7-17-33-30/h3-5,9-14,25-27H,2,6-8,15-20H2,1H3,(H,34,37)(H,38,39)(H2,31,32,33)/t25?,26-,27?/m0/s1. The van der Waals surface area contributed by atoms with Crippen LogP contribution in [0.1, 0.15) is 43.7 Å². The van der Waals surface area contributed by atoms with Crippen LogP contribution in [-0.2, 0) is 37.2 Å². The number of carboxylic acids is 1. The van der Waals surface area contributed by atoms with Crippen LogP contribution in [-0.4, -0.2) is 84.3 Å². The molecule has 13 heteroatoms. The average molecular weight is 630 g/mol. The maximum absolute atomic E-state index is 13.5. The zero-order valence-corrected chi connectivity index (χ0v) is 25.8. The first-order valence-corrected chi connectivity index (χ1v) is 17.0. The highest BCUT2D eigenvalue weighted by Gasteiger charge is 2.46. The van der Waals surface area contributed by atoms with E-state index in [4.69, 9.17) is 0 Å². The SMILES string of the molecule is CCC1SC[C@@H](C(=O)NC(Cc2ccc(CC(=O)CCCNC3=NCCCN3)cc2)C(=O)O)N1S(=O)(=O)c1ccccc1. The average Bonchev–Trinajstić information content (AvgIpc) is 3.46. The smallest absolute Gasteiger partial charge is 0.326 e. The number of amides is 1. The molecule has 0 aliphatic carbocycles. The third kappa shape index (κ3) is 8.80. The number of aliphatic carboxylic acids is 1. The van der Waals surface area contributed by atoms with Gasteiger partial charge in [-0.25, -0.2) is 13.2 Å². The molecule has 0 saturated carbocycles. The normalized spacial score (nSPS) is 19.6. The number of nitrogens with one attached hydrogen (secondary N) is 3. The molecule has 1 fully saturated rings. The molecule has 232 valence electrons. The predicted octanol–water partition coefficient (Wildman–Crippen LogP) is 2.17. The molecule has 0 spiro atoms. The molecule has 1 saturated heterocycles. The van der Waals surface area contributed by atoms with Gasteiger partial charge in [-0.1, -0.05) is 49.4 Å². The first-order valence-electron chi connectivity index (χ1n) is 14.5. The van der Waals surface area contributed by atoms with Gasteiger partial charge in [0.1, 0.15) is 17.9 Å². The quantitative estimate of drug-likeness (QED) is 0.230. The minimum atomic E-state index is -3.97. The Kier molecular flexibility index (Phi) is 11.6. The van der Waals surface area contributed by atoms with Crippen LogP contribution in [0.3, 0.4) is 0 Å². The molecule has 43 heavy (non-hydrogen) atoms. The Morgan fingerprint density at radius 3 is 2.49 bits per heavy atom. The van der Waals surface area contributed by atoms with Gasteiger partial charge in [0, 0.05) is 44.6 Å². The lowest BCUT2D eigenvalue weighted by atomic mass is 10.0. The Morgan fingerprint density at radius 2 is 1.84 bits per heavy atom. The Labute approximate surface area is 257 Å². The van der Waals surface area contributed by atoms with Crippen molar-refractivity contribution in [2.45, 2.75) is 67.8 Å². The van der Waals surface area contributed by atoms with Gasteiger partial charge in [-0.3, -0.25) is 14.6 Å². The van der Waals surface area contributed by atoms with E-state index in [1.807, 2.05) is 6.92 Å². The number of thioether (sulfide) groups is 1. The molecule has 11 nitrogen and oxygen atoms in total. The molecule has 1 amide bonds. The van der Waals surface area contributed by atoms with E-state index in [1.165, 1.54) is 28.2 Å². The minimum absolute atomic E-state index is 0.0153. The fourth-order valence-electron chi connectivity index (χ4n) is 5.03. The van der Waals surface area contributed by atoms with E-state index in [9.17, 15) is 27.9 Å². The van der Waals surface area contributed by atoms with Crippen molar-refractivity contribution < 1.29 is 27.9 Å². The van der Waals surface area contributed by atoms with Crippen molar-refractivity contribution in [1.82, 2.24) is 20.3 Å². The molecule has 0 radical (unpaired) electrons. The summed E-state index contributed by atoms with van der Waals surface area (Å²) in [7, 11) is -3.97. The number of hydrogen-bond acceptors (Lipinski definition) is 9. The maximum atomic E-state index is 13.5. The molecule has 2 heterocycles. The summed E-state index contributed by atoms with van der Waals surface area (Å²) in [6.07, 6.45) is 2.95. The van der Waals surface area contributed by atoms with Crippen molar-refractivity contribution in [2.75, 3.05) is 25.4 Å². The number of hydrogen-bond donors (Lipinski definition) is 4. The van der Waals surface area contributed by atoms with Crippen molar-refractivity contribution in [3.8, 4) is 0 Å². The fourth-order valence-corrected chi connectivity index (χ4v) is 8.60. The van der Waals surface area contributed by atoms with E-state index in [1.54, 1.807) is 42.5 Å². The second-order valence-electron chi connectivity index (χ2n) is 10.5. The van der Waals surface area contributed by atoms with Gasteiger partial charge < -0.3 is 21.1 Å². The fraction of sp³-hybridized carbons (Fsp3) is 0.467. The minimum Gasteiger partial charge on any atom is -0.480 e. The van der Waals surface area contributed by atoms with E-state index in [0.717, 1.165) is 31.0 Å². The summed E-state index contributed by atoms with van der Waals surface area (Å²) >= 11 is 1.37. The summed E-state index contributed by atoms with van der Waals surface area (Å²) in [5.41, 5.74) is 1.50. The summed E-state index contributed by atoms with van der Waals surface area (Å²) in [5, 5.41) is 18.4. The molecule has 4 N–H and O–H groups in total. The molecule has 2 aliphatic rings. The largest absolute Gasteiger partial charge is 0.480 e. The Balaban J connectivity index is 1.32. The lowest BCUT2D eigenvalue weighted by molar-refractivity contribution is -0.142. The van der Waals surface area contributed by atoms with Crippen molar-refractivity contribution >= 4 is 45.4 Å². The van der Waals surface area contributed by atoms with Gasteiger partial charge in [-0.2, -0.15) is 4.31 Å². The van der Waals surface area contributed by atoms with Crippen LogP contribution in [0, 0.1) is 0 Å². The topological polar surface area (TPSA) is 157 Å². The molecule has 4 rings (SSSR count). The van der Waals surface area contributed by atoms with E-state index < -0.39 is 39.4 Å². The molecule has 0 bridgehead atoms. The van der Waals surface area contributed by atoms with Gasteiger partial charge in [0.2, 0.25) is 15.9 Å². The number of nitrogens with zero attached hydrogens (tertiary/aromatic N) is 2. The third-order valence-corrected chi connectivity index (χ3v) is 10.8. The molecule has 2 aromatic rings. The van der Waals surface area contributed by atoms with Crippen LogP contribution < -0.4 is 16.0 Å². The first-order chi connectivity index (χ1) is 20.7. The van der Waals surface area contributed by atoms with Crippen LogP contribution in [0.2, 0.25) is 0 Å². The highest BCUT2D eigenvalue weighted by atomic mass is 32.2. The van der Waals surface area contributed by atoms with E-state index in [-0.39, 0.29) is 29.3 Å². The summed E-state index contributed by atoms with van der Waals surface area (Å²) < 4.78 is 28.1. The van der Waals surface area contributed by atoms with E-state index >= 15 is 0 Å². The van der Waals surface area contributed by atoms with Gasteiger partial charge in [-0.15, -0.1) is 11.8 Å². The van der Waals surface area contributed by atoms with Crippen LogP contribution in [0.25, 0.3) is 0 Å². The molecule has 2 aromatic carbocycles. The Morgan fingerprint density at radius 1 is 1.12 bits per heavy atom. The number of ketones is 1. The number of aliphatic imine (C=N–C) groups is 1. The zero-order valence-electron chi connectivity index (χ0n) is 24.2. The number of benzene rings is 2. The second-order valence-corrected chi connectivity index (χ2v) is 13.6. The van der Waals surface area contributed by atoms with Crippen molar-refractivity contribution in [3.63, 3.8) is 0 Å². The third-order valence-electron chi connectivity index (χ3n) is 7.31. The maximum Gasteiger partial charge on any atom is 0.326 e. The van der Waals surface area contributed by atoms with Crippen molar-refractivity contribution in [3.05, 3.63) is 65.7 Å². The number of carbonyl (C=O) groups excluding carboxylic acids is 2. The summed E-state index contributed by atoms with van der Waals surface area (Å²) in [4.78, 5) is 42.3. The number of carbonyl (C=O) groups is 3. The summed E-state index contributed by atoms with van der Waals surface area (Å²) in [6.45, 7) is 4.22. The first kappa shape index (κ1) is 32.5. The lowest BCUT2D eigenvalue weighted by Gasteiger charge is -2.28. The van der Waals surface area contributed by atoms with Crippen LogP contribution in [0.15, 0.2) is 64.5 Å². The summed E-state index contributed by atoms with van der Waals surface area (Å²) in [6, 6.07) is 12.7. The van der Waals surface area contributed by atoms with Gasteiger partial charge in [0.05, 0.1) is 10.3 Å². The van der Waals surface area contributed by atoms with Crippen LogP contribution in [0.5, 0.6) is 0 Å². The second kappa shape index (κ2) is 15.3. The number of guanidine groups is 1. The van der Waals surface area contributed by atoms with Crippen LogP contribution in [0.4, 0.5) is 0 Å². The van der Waals surface area contributed by atoms with E-state index in [0.29, 0.717) is 31.4 Å². The number of rotatable bonds is 14. The highest BCUT2D eigenvalue weighted by molar-refractivity contribution is 8.01. The monoisotopic (exact) mass is 629 g/mol. The Hall–Kier alpha value is -3.42. The predicted molar refractivity (Wildman–Crippen MR) is 166 cm³/mol. The van der Waals surface area contributed by atoms with E-state index in [2.05, 4.69) is 20.9 Å². The molecule has 3 atom stereocenters. The zero-order chi connectivity index (χ0) is 30.8. The van der Waals surface area contributed by atoms with Gasteiger partial charge in [0.15, 0.2) is 5.96 Å². The highest BCUT2D eigenvalue weighted by Crippen LogP contribution is 2.36. The molecule has 2 unspecified atom stereocenters. The van der Waals surface area contributed by atoms with Crippen LogP contribution >= 0.6 is 11.8 Å². The lowest BCUT2D eigenvalue weighted by Crippen LogP contribution is -2.53. The number of Topliss-reactive ketones (excluding diaryl/α,β-unsaturated/α-hetero) is 1. The molecular formula is C30H39N5O6S2. The van der Waals surface area contributed by atoms with Gasteiger partial charge in [0.25, 0.3) is 0 Å². The van der Waals surface area contributed by atoms with Gasteiger partial charge in [-0.05, 0) is 42.5 Å². The molecule has 2 aliphatic heterocycles. The molecular weight excluding hydrogens is 590 g/mol. The van der Waals surface area contributed by atoms with Crippen molar-refractivity contribution in [1.29, 1.82) is 0 Å². The van der Waals surface area contributed by atoms with Gasteiger partial charge >= 0.3 is 5.97 Å². The van der Waals surface area contributed by atoms with Crippen molar-refractivity contribution in [2.24, 2.45) is 4.99 Å². The molecule has 0 aromatic heterocycles. The summed E-state index contributed by atoms with van der Waals surface area (Å²) in [5.74, 6) is -0.734. The number of sulfonamides is 1. The Bertz CT molecular complexity index is 1400. The number of carboxylic acid groups (broad SMARTS) is 1.